The molecule has 1 aromatic rings. The zero-order chi connectivity index (χ0) is 11.7. The van der Waals surface area contributed by atoms with E-state index < -0.39 is 6.10 Å². The molecule has 0 fully saturated rings. The Morgan fingerprint density at radius 1 is 1.44 bits per heavy atom. The molecule has 0 saturated heterocycles. The molecule has 2 rings (SSSR count). The largest absolute Gasteiger partial charge is 0.495 e. The summed E-state index contributed by atoms with van der Waals surface area (Å²) in [6.45, 7) is 2.59. The molecule has 1 unspecified atom stereocenters. The highest BCUT2D eigenvalue weighted by molar-refractivity contribution is 6.34. The van der Waals surface area contributed by atoms with E-state index in [1.54, 1.807) is 13.0 Å². The van der Waals surface area contributed by atoms with Crippen LogP contribution in [0.25, 0.3) is 0 Å². The molecule has 0 radical (unpaired) electrons. The van der Waals surface area contributed by atoms with E-state index in [4.69, 9.17) is 25.8 Å². The SMILES string of the molecule is COc1c(C(C)O)cc2c(c1Cl)OCCO2. The summed E-state index contributed by atoms with van der Waals surface area (Å²) in [5.74, 6) is 1.46. The van der Waals surface area contributed by atoms with Crippen molar-refractivity contribution in [2.45, 2.75) is 13.0 Å². The Hall–Kier alpha value is -1.13. The normalized spacial score (nSPS) is 15.8. The van der Waals surface area contributed by atoms with E-state index in [2.05, 4.69) is 0 Å². The van der Waals surface area contributed by atoms with Crippen molar-refractivity contribution in [1.82, 2.24) is 0 Å². The Labute approximate surface area is 98.7 Å². The van der Waals surface area contributed by atoms with Gasteiger partial charge in [0.1, 0.15) is 24.0 Å². The Balaban J connectivity index is 2.59. The molecule has 88 valence electrons. The standard InChI is InChI=1S/C11H13ClO4/c1-6(13)7-5-8-11(16-4-3-15-8)9(12)10(7)14-2/h5-6,13H,3-4H2,1-2H3. The lowest BCUT2D eigenvalue weighted by Crippen LogP contribution is -2.16. The lowest BCUT2D eigenvalue weighted by atomic mass is 10.1. The first-order valence-corrected chi connectivity index (χ1v) is 5.37. The maximum atomic E-state index is 9.63. The first-order chi connectivity index (χ1) is 7.65. The molecule has 0 aromatic heterocycles. The number of hydrogen-bond acceptors (Lipinski definition) is 4. The number of benzene rings is 1. The Bertz CT molecular complexity index is 403. The topological polar surface area (TPSA) is 47.9 Å². The molecule has 16 heavy (non-hydrogen) atoms. The van der Waals surface area contributed by atoms with Crippen LogP contribution in [0.4, 0.5) is 0 Å². The third kappa shape index (κ3) is 1.79. The number of rotatable bonds is 2. The summed E-state index contributed by atoms with van der Waals surface area (Å²) in [5, 5.41) is 9.97. The highest BCUT2D eigenvalue weighted by Crippen LogP contribution is 2.46. The second-order valence-electron chi connectivity index (χ2n) is 3.51. The number of hydrogen-bond donors (Lipinski definition) is 1. The van der Waals surface area contributed by atoms with Gasteiger partial charge in [0.25, 0.3) is 0 Å². The van der Waals surface area contributed by atoms with Crippen LogP contribution in [0.1, 0.15) is 18.6 Å². The first-order valence-electron chi connectivity index (χ1n) is 4.99. The fourth-order valence-corrected chi connectivity index (χ4v) is 2.00. The van der Waals surface area contributed by atoms with E-state index >= 15 is 0 Å². The molecule has 0 aliphatic carbocycles. The zero-order valence-electron chi connectivity index (χ0n) is 9.12. The monoisotopic (exact) mass is 244 g/mol. The molecular formula is C11H13ClO4. The molecular weight excluding hydrogens is 232 g/mol. The number of aliphatic hydroxyl groups excluding tert-OH is 1. The van der Waals surface area contributed by atoms with Gasteiger partial charge in [-0.1, -0.05) is 11.6 Å². The van der Waals surface area contributed by atoms with E-state index in [0.717, 1.165) is 0 Å². The van der Waals surface area contributed by atoms with E-state index in [1.807, 2.05) is 0 Å². The lowest BCUT2D eigenvalue weighted by molar-refractivity contribution is 0.166. The van der Waals surface area contributed by atoms with Crippen LogP contribution < -0.4 is 14.2 Å². The molecule has 0 bridgehead atoms. The van der Waals surface area contributed by atoms with Gasteiger partial charge in [-0.3, -0.25) is 0 Å². The van der Waals surface area contributed by atoms with Crippen molar-refractivity contribution in [3.63, 3.8) is 0 Å². The molecule has 1 aliphatic rings. The minimum absolute atomic E-state index is 0.343. The average Bonchev–Trinajstić information content (AvgIpc) is 2.29. The number of halogens is 1. The molecule has 0 saturated carbocycles. The third-order valence-corrected chi connectivity index (χ3v) is 2.76. The Morgan fingerprint density at radius 2 is 2.12 bits per heavy atom. The maximum absolute atomic E-state index is 9.63. The van der Waals surface area contributed by atoms with Gasteiger partial charge in [-0.2, -0.15) is 0 Å². The van der Waals surface area contributed by atoms with E-state index in [0.29, 0.717) is 41.0 Å². The van der Waals surface area contributed by atoms with Gasteiger partial charge in [-0.05, 0) is 13.0 Å². The summed E-state index contributed by atoms with van der Waals surface area (Å²) in [6.07, 6.45) is -0.678. The smallest absolute Gasteiger partial charge is 0.183 e. The van der Waals surface area contributed by atoms with Crippen molar-refractivity contribution < 1.29 is 19.3 Å². The summed E-state index contributed by atoms with van der Waals surface area (Å²) < 4.78 is 16.0. The molecule has 0 amide bonds. The second kappa shape index (κ2) is 4.39. The maximum Gasteiger partial charge on any atom is 0.183 e. The molecule has 1 aromatic carbocycles. The summed E-state index contributed by atoms with van der Waals surface area (Å²) in [6, 6.07) is 1.70. The van der Waals surface area contributed by atoms with Crippen LogP contribution in [-0.4, -0.2) is 25.4 Å². The van der Waals surface area contributed by atoms with Crippen LogP contribution in [0.3, 0.4) is 0 Å². The fourth-order valence-electron chi connectivity index (χ4n) is 1.67. The van der Waals surface area contributed by atoms with Gasteiger partial charge in [0.2, 0.25) is 0 Å². The highest BCUT2D eigenvalue weighted by Gasteiger charge is 2.24. The quantitative estimate of drug-likeness (QED) is 0.866. The number of methoxy groups -OCH3 is 1. The Kier molecular flexibility index (Phi) is 3.12. The van der Waals surface area contributed by atoms with Crippen LogP contribution >= 0.6 is 11.6 Å². The van der Waals surface area contributed by atoms with Gasteiger partial charge < -0.3 is 19.3 Å². The van der Waals surface area contributed by atoms with Crippen molar-refractivity contribution in [2.75, 3.05) is 20.3 Å². The molecule has 5 heteroatoms. The zero-order valence-corrected chi connectivity index (χ0v) is 9.87. The van der Waals surface area contributed by atoms with Gasteiger partial charge in [0, 0.05) is 5.56 Å². The van der Waals surface area contributed by atoms with Gasteiger partial charge in [0.05, 0.1) is 13.2 Å². The van der Waals surface area contributed by atoms with E-state index in [-0.39, 0.29) is 0 Å². The predicted octanol–water partition coefficient (Wildman–Crippen LogP) is 2.17. The molecule has 1 atom stereocenters. The molecule has 1 heterocycles. The predicted molar refractivity (Wildman–Crippen MR) is 59.6 cm³/mol. The summed E-state index contributed by atoms with van der Waals surface area (Å²) in [4.78, 5) is 0. The third-order valence-electron chi connectivity index (χ3n) is 2.41. The average molecular weight is 245 g/mol. The van der Waals surface area contributed by atoms with Crippen LogP contribution in [0.5, 0.6) is 17.2 Å². The van der Waals surface area contributed by atoms with Crippen molar-refractivity contribution in [3.8, 4) is 17.2 Å². The van der Waals surface area contributed by atoms with Crippen LogP contribution in [0.15, 0.2) is 6.07 Å². The lowest BCUT2D eigenvalue weighted by Gasteiger charge is -2.23. The molecule has 4 nitrogen and oxygen atoms in total. The summed E-state index contributed by atoms with van der Waals surface area (Å²) in [5.41, 5.74) is 0.594. The molecule has 1 N–H and O–H groups in total. The van der Waals surface area contributed by atoms with Crippen LogP contribution in [-0.2, 0) is 0 Å². The molecule has 0 spiro atoms. The van der Waals surface area contributed by atoms with Gasteiger partial charge in [-0.25, -0.2) is 0 Å². The van der Waals surface area contributed by atoms with Gasteiger partial charge >= 0.3 is 0 Å². The van der Waals surface area contributed by atoms with E-state index in [9.17, 15) is 5.11 Å². The van der Waals surface area contributed by atoms with Crippen molar-refractivity contribution in [2.24, 2.45) is 0 Å². The summed E-state index contributed by atoms with van der Waals surface area (Å²) in [7, 11) is 1.50. The Morgan fingerprint density at radius 3 is 2.75 bits per heavy atom. The van der Waals surface area contributed by atoms with E-state index in [1.165, 1.54) is 7.11 Å². The second-order valence-corrected chi connectivity index (χ2v) is 3.89. The van der Waals surface area contributed by atoms with Crippen molar-refractivity contribution in [3.05, 3.63) is 16.7 Å². The van der Waals surface area contributed by atoms with Crippen LogP contribution in [0.2, 0.25) is 5.02 Å². The van der Waals surface area contributed by atoms with Crippen molar-refractivity contribution >= 4 is 11.6 Å². The first kappa shape index (κ1) is 11.4. The van der Waals surface area contributed by atoms with Crippen LogP contribution in [0, 0.1) is 0 Å². The fraction of sp³-hybridized carbons (Fsp3) is 0.455. The highest BCUT2D eigenvalue weighted by atomic mass is 35.5. The van der Waals surface area contributed by atoms with Gasteiger partial charge in [-0.15, -0.1) is 0 Å². The summed E-state index contributed by atoms with van der Waals surface area (Å²) >= 11 is 6.13. The molecule has 1 aliphatic heterocycles. The van der Waals surface area contributed by atoms with Crippen molar-refractivity contribution in [1.29, 1.82) is 0 Å². The minimum atomic E-state index is -0.678. The minimum Gasteiger partial charge on any atom is -0.495 e. The van der Waals surface area contributed by atoms with Gasteiger partial charge in [0.15, 0.2) is 11.5 Å². The number of ether oxygens (including phenoxy) is 3. The number of aliphatic hydroxyl groups is 1. The number of fused-ring (bicyclic) bond motifs is 1.